The van der Waals surface area contributed by atoms with Gasteiger partial charge in [0.15, 0.2) is 11.6 Å². The molecule has 0 spiro atoms. The Morgan fingerprint density at radius 2 is 1.88 bits per heavy atom. The van der Waals surface area contributed by atoms with Crippen LogP contribution in [0.2, 0.25) is 0 Å². The predicted molar refractivity (Wildman–Crippen MR) is 156 cm³/mol. The average molecular weight is 548 g/mol. The number of halogens is 1. The number of carbonyl (C=O) groups excluding carboxylic acids is 2. The van der Waals surface area contributed by atoms with E-state index in [9.17, 15) is 14.0 Å². The smallest absolute Gasteiger partial charge is 0.416 e. The van der Waals surface area contributed by atoms with Crippen molar-refractivity contribution in [1.82, 2.24) is 9.97 Å². The summed E-state index contributed by atoms with van der Waals surface area (Å²) in [5.41, 5.74) is 4.12. The second-order valence-corrected chi connectivity index (χ2v) is 10.1. The van der Waals surface area contributed by atoms with Crippen LogP contribution in [-0.2, 0) is 9.53 Å². The van der Waals surface area contributed by atoms with Crippen LogP contribution in [0.25, 0.3) is 0 Å². The van der Waals surface area contributed by atoms with E-state index in [1.807, 2.05) is 82.2 Å². The van der Waals surface area contributed by atoms with Crippen molar-refractivity contribution in [2.75, 3.05) is 46.5 Å². The zero-order chi connectivity index (χ0) is 29.0. The molecule has 10 nitrogen and oxygen atoms in total. The lowest BCUT2D eigenvalue weighted by atomic mass is 10.0. The van der Waals surface area contributed by atoms with E-state index in [0.29, 0.717) is 5.69 Å². The highest BCUT2D eigenvalue weighted by atomic mass is 19.1. The zero-order valence-corrected chi connectivity index (χ0v) is 23.2. The van der Waals surface area contributed by atoms with E-state index in [4.69, 9.17) is 4.74 Å². The van der Waals surface area contributed by atoms with Gasteiger partial charge in [-0.1, -0.05) is 32.6 Å². The molecule has 2 atom stereocenters. The molecule has 3 N–H and O–H groups in total. The van der Waals surface area contributed by atoms with Crippen LogP contribution in [-0.4, -0.2) is 48.7 Å². The average Bonchev–Trinajstić information content (AvgIpc) is 3.31. The third kappa shape index (κ3) is 6.31. The summed E-state index contributed by atoms with van der Waals surface area (Å²) in [4.78, 5) is 35.8. The summed E-state index contributed by atoms with van der Waals surface area (Å²) in [5, 5.41) is 9.37. The molecule has 1 fully saturated rings. The van der Waals surface area contributed by atoms with Gasteiger partial charge in [0.05, 0.1) is 29.7 Å². The number of benzene rings is 2. The molecule has 1 aromatic heterocycles. The number of carbonyl (C=O) groups is 2. The quantitative estimate of drug-likeness (QED) is 0.277. The molecular weight excluding hydrogens is 513 g/mol. The molecule has 40 heavy (non-hydrogen) atoms. The molecule has 0 saturated carbocycles. The first kappa shape index (κ1) is 28.3. The van der Waals surface area contributed by atoms with Crippen molar-refractivity contribution in [2.45, 2.75) is 32.9 Å². The van der Waals surface area contributed by atoms with Crippen LogP contribution in [0.1, 0.15) is 32.4 Å². The summed E-state index contributed by atoms with van der Waals surface area (Å²) < 4.78 is 19.8. The molecular formula is C29H34FN7O3. The first-order valence-corrected chi connectivity index (χ1v) is 12.9. The molecule has 3 aromatic rings. The van der Waals surface area contributed by atoms with E-state index in [1.165, 1.54) is 11.0 Å². The van der Waals surface area contributed by atoms with Gasteiger partial charge in [-0.25, -0.2) is 14.2 Å². The molecule has 4 rings (SSSR count). The van der Waals surface area contributed by atoms with Crippen LogP contribution in [0, 0.1) is 11.7 Å². The number of nitrogens with zero attached hydrogens (tertiary/aromatic N) is 4. The summed E-state index contributed by atoms with van der Waals surface area (Å²) in [6.07, 6.45) is 1.67. The van der Waals surface area contributed by atoms with Gasteiger partial charge in [-0.05, 0) is 54.8 Å². The minimum atomic E-state index is -0.691. The number of amides is 2. The standard InChI is InChI=1S/C29H34FN7O3/c1-7-26(38)34-23-14-21(12-13-24(23)36(5)6)33-20-10-8-19(9-11-20)18(4)32-28-31-15-22(30)27(35-28)37-25(17(2)3)16-40-29(37)39/h7-15,17-18,25,33H,1,16H2,2-6H3,(H,34,38)(H,31,32,35)/t18-,25+/m0/s1. The van der Waals surface area contributed by atoms with Gasteiger partial charge in [0.1, 0.15) is 6.61 Å². The number of nitrogens with one attached hydrogen (secondary N) is 3. The lowest BCUT2D eigenvalue weighted by molar-refractivity contribution is -0.111. The van der Waals surface area contributed by atoms with Gasteiger partial charge in [-0.2, -0.15) is 4.98 Å². The fraction of sp³-hybridized carbons (Fsp3) is 0.310. The second kappa shape index (κ2) is 12.0. The summed E-state index contributed by atoms with van der Waals surface area (Å²) in [5.74, 6) is -0.822. The molecule has 1 aliphatic rings. The molecule has 0 aliphatic carbocycles. The molecule has 1 aliphatic heterocycles. The Balaban J connectivity index is 1.47. The van der Waals surface area contributed by atoms with Crippen LogP contribution >= 0.6 is 0 Å². The van der Waals surface area contributed by atoms with E-state index in [1.54, 1.807) is 0 Å². The number of cyclic esters (lactones) is 1. The van der Waals surface area contributed by atoms with Crippen LogP contribution in [0.4, 0.5) is 43.7 Å². The lowest BCUT2D eigenvalue weighted by Crippen LogP contribution is -2.38. The van der Waals surface area contributed by atoms with Crippen molar-refractivity contribution < 1.29 is 18.7 Å². The molecule has 0 radical (unpaired) electrons. The fourth-order valence-corrected chi connectivity index (χ4v) is 4.35. The van der Waals surface area contributed by atoms with Crippen molar-refractivity contribution in [2.24, 2.45) is 5.92 Å². The minimum Gasteiger partial charge on any atom is -0.447 e. The van der Waals surface area contributed by atoms with E-state index < -0.39 is 11.9 Å². The molecule has 0 bridgehead atoms. The third-order valence-corrected chi connectivity index (χ3v) is 6.60. The van der Waals surface area contributed by atoms with E-state index in [0.717, 1.165) is 28.8 Å². The van der Waals surface area contributed by atoms with Gasteiger partial charge in [0, 0.05) is 25.5 Å². The largest absolute Gasteiger partial charge is 0.447 e. The van der Waals surface area contributed by atoms with E-state index in [2.05, 4.69) is 32.5 Å². The van der Waals surface area contributed by atoms with Gasteiger partial charge in [0.25, 0.3) is 0 Å². The highest BCUT2D eigenvalue weighted by molar-refractivity contribution is 6.01. The number of rotatable bonds is 10. The van der Waals surface area contributed by atoms with Crippen molar-refractivity contribution in [3.63, 3.8) is 0 Å². The number of ether oxygens (including phenoxy) is 1. The molecule has 0 unspecified atom stereocenters. The second-order valence-electron chi connectivity index (χ2n) is 10.1. The molecule has 2 aromatic carbocycles. The maximum absolute atomic E-state index is 14.6. The highest BCUT2D eigenvalue weighted by Gasteiger charge is 2.38. The van der Waals surface area contributed by atoms with Crippen molar-refractivity contribution >= 4 is 46.5 Å². The normalized spacial score (nSPS) is 15.4. The molecule has 210 valence electrons. The van der Waals surface area contributed by atoms with E-state index >= 15 is 0 Å². The molecule has 2 heterocycles. The van der Waals surface area contributed by atoms with Crippen LogP contribution in [0.15, 0.2) is 61.3 Å². The zero-order valence-electron chi connectivity index (χ0n) is 23.2. The maximum atomic E-state index is 14.6. The van der Waals surface area contributed by atoms with Gasteiger partial charge in [-0.3, -0.25) is 9.69 Å². The topological polar surface area (TPSA) is 112 Å². The van der Waals surface area contributed by atoms with Gasteiger partial charge in [0.2, 0.25) is 11.9 Å². The van der Waals surface area contributed by atoms with Gasteiger partial charge < -0.3 is 25.6 Å². The molecule has 2 amide bonds. The number of hydrogen-bond acceptors (Lipinski definition) is 8. The number of anilines is 6. The fourth-order valence-electron chi connectivity index (χ4n) is 4.35. The Morgan fingerprint density at radius 3 is 2.52 bits per heavy atom. The monoisotopic (exact) mass is 547 g/mol. The minimum absolute atomic E-state index is 0.0617. The van der Waals surface area contributed by atoms with Crippen LogP contribution in [0.3, 0.4) is 0 Å². The Bertz CT molecular complexity index is 1390. The first-order chi connectivity index (χ1) is 19.1. The Morgan fingerprint density at radius 1 is 1.18 bits per heavy atom. The predicted octanol–water partition coefficient (Wildman–Crippen LogP) is 5.70. The van der Waals surface area contributed by atoms with Crippen molar-refractivity contribution in [3.05, 3.63) is 72.7 Å². The molecule has 11 heteroatoms. The summed E-state index contributed by atoms with van der Waals surface area (Å²) in [6.45, 7) is 9.52. The molecule has 1 saturated heterocycles. The summed E-state index contributed by atoms with van der Waals surface area (Å²) in [7, 11) is 3.81. The van der Waals surface area contributed by atoms with Gasteiger partial charge in [-0.15, -0.1) is 0 Å². The maximum Gasteiger partial charge on any atom is 0.416 e. The Hall–Kier alpha value is -4.67. The van der Waals surface area contributed by atoms with Crippen molar-refractivity contribution in [3.8, 4) is 0 Å². The Kier molecular flexibility index (Phi) is 8.52. The van der Waals surface area contributed by atoms with Crippen LogP contribution < -0.4 is 25.8 Å². The Labute approximate surface area is 233 Å². The number of aromatic nitrogens is 2. The van der Waals surface area contributed by atoms with Gasteiger partial charge >= 0.3 is 6.09 Å². The third-order valence-electron chi connectivity index (χ3n) is 6.60. The van der Waals surface area contributed by atoms with Crippen molar-refractivity contribution in [1.29, 1.82) is 0 Å². The SMILES string of the molecule is C=CC(=O)Nc1cc(Nc2ccc([C@H](C)Nc3ncc(F)c(N4C(=O)OC[C@@H]4C(C)C)n3)cc2)ccc1N(C)C. The van der Waals surface area contributed by atoms with Crippen LogP contribution in [0.5, 0.6) is 0 Å². The lowest BCUT2D eigenvalue weighted by Gasteiger charge is -2.24. The highest BCUT2D eigenvalue weighted by Crippen LogP contribution is 2.31. The summed E-state index contributed by atoms with van der Waals surface area (Å²) in [6, 6.07) is 13.0. The first-order valence-electron chi connectivity index (χ1n) is 12.9. The summed E-state index contributed by atoms with van der Waals surface area (Å²) >= 11 is 0. The van der Waals surface area contributed by atoms with E-state index in [-0.39, 0.29) is 42.3 Å². The number of hydrogen-bond donors (Lipinski definition) is 3.